The van der Waals surface area contributed by atoms with E-state index in [1.807, 2.05) is 0 Å². The van der Waals surface area contributed by atoms with E-state index in [1.165, 1.54) is 14.0 Å². The van der Waals surface area contributed by atoms with Gasteiger partial charge < -0.3 is 15.2 Å². The second kappa shape index (κ2) is 5.09. The summed E-state index contributed by atoms with van der Waals surface area (Å²) in [5, 5.41) is 11.5. The molecule has 1 atom stereocenters. The number of rotatable bonds is 5. The number of halogens is 2. The third-order valence-corrected chi connectivity index (χ3v) is 2.39. The van der Waals surface area contributed by atoms with E-state index in [1.54, 1.807) is 0 Å². The number of likely N-dealkylation sites (N-methyl/N-ethyl adjacent to an activating group) is 1. The molecule has 0 fully saturated rings. The number of aliphatic carboxylic acids is 1. The Morgan fingerprint density at radius 1 is 1.41 bits per heavy atom. The van der Waals surface area contributed by atoms with Gasteiger partial charge in [-0.15, -0.1) is 0 Å². The highest BCUT2D eigenvalue weighted by molar-refractivity contribution is 5.78. The van der Waals surface area contributed by atoms with Gasteiger partial charge in [-0.1, -0.05) is 0 Å². The Morgan fingerprint density at radius 3 is 2.35 bits per heavy atom. The van der Waals surface area contributed by atoms with Gasteiger partial charge in [-0.2, -0.15) is 0 Å². The molecule has 1 rings (SSSR count). The summed E-state index contributed by atoms with van der Waals surface area (Å²) in [6.07, 6.45) is 0. The van der Waals surface area contributed by atoms with Crippen molar-refractivity contribution in [2.45, 2.75) is 12.5 Å². The number of ether oxygens (including phenoxy) is 1. The molecular formula is C11H13F2NO3. The Bertz CT molecular complexity index is 405. The molecule has 0 saturated carbocycles. The number of carboxylic acid groups (broad SMARTS) is 1. The van der Waals surface area contributed by atoms with Crippen molar-refractivity contribution in [2.24, 2.45) is 0 Å². The highest BCUT2D eigenvalue weighted by atomic mass is 19.1. The van der Waals surface area contributed by atoms with Gasteiger partial charge in [0.15, 0.2) is 0 Å². The molecule has 0 amide bonds. The molecular weight excluding hydrogens is 232 g/mol. The molecule has 0 radical (unpaired) electrons. The van der Waals surface area contributed by atoms with E-state index in [9.17, 15) is 13.6 Å². The smallest absolute Gasteiger partial charge is 0.327 e. The SMILES string of the molecule is CNC(C)(COc1cc(F)cc(F)c1)C(=O)O. The molecule has 2 N–H and O–H groups in total. The van der Waals surface area contributed by atoms with Crippen molar-refractivity contribution < 1.29 is 23.4 Å². The lowest BCUT2D eigenvalue weighted by Gasteiger charge is -2.24. The van der Waals surface area contributed by atoms with Gasteiger partial charge >= 0.3 is 5.97 Å². The van der Waals surface area contributed by atoms with Gasteiger partial charge in [-0.3, -0.25) is 4.79 Å². The van der Waals surface area contributed by atoms with Gasteiger partial charge in [0.1, 0.15) is 29.5 Å². The van der Waals surface area contributed by atoms with Crippen molar-refractivity contribution in [3.63, 3.8) is 0 Å². The number of carbonyl (C=O) groups is 1. The Labute approximate surface area is 97.2 Å². The molecule has 17 heavy (non-hydrogen) atoms. The lowest BCUT2D eigenvalue weighted by molar-refractivity contribution is -0.145. The first-order valence-corrected chi connectivity index (χ1v) is 4.88. The fraction of sp³-hybridized carbons (Fsp3) is 0.364. The van der Waals surface area contributed by atoms with Crippen molar-refractivity contribution >= 4 is 5.97 Å². The van der Waals surface area contributed by atoms with Crippen molar-refractivity contribution in [3.05, 3.63) is 29.8 Å². The van der Waals surface area contributed by atoms with Crippen LogP contribution in [0.15, 0.2) is 18.2 Å². The Hall–Kier alpha value is -1.69. The molecule has 1 aromatic carbocycles. The summed E-state index contributed by atoms with van der Waals surface area (Å²) in [6, 6.07) is 2.68. The van der Waals surface area contributed by atoms with Crippen LogP contribution in [0.5, 0.6) is 5.75 Å². The van der Waals surface area contributed by atoms with Gasteiger partial charge in [-0.25, -0.2) is 8.78 Å². The lowest BCUT2D eigenvalue weighted by atomic mass is 10.1. The average Bonchev–Trinajstić information content (AvgIpc) is 2.24. The summed E-state index contributed by atoms with van der Waals surface area (Å²) in [6.45, 7) is 1.16. The molecule has 0 spiro atoms. The standard InChI is InChI=1S/C11H13F2NO3/c1-11(14-2,10(15)16)6-17-9-4-7(12)3-8(13)5-9/h3-5,14H,6H2,1-2H3,(H,15,16). The molecule has 94 valence electrons. The zero-order chi connectivity index (χ0) is 13.1. The summed E-state index contributed by atoms with van der Waals surface area (Å²) < 4.78 is 30.7. The molecule has 6 heteroatoms. The summed E-state index contributed by atoms with van der Waals surface area (Å²) in [4.78, 5) is 10.9. The predicted octanol–water partition coefficient (Wildman–Crippen LogP) is 1.41. The largest absolute Gasteiger partial charge is 0.491 e. The van der Waals surface area contributed by atoms with Crippen LogP contribution in [0.25, 0.3) is 0 Å². The minimum absolute atomic E-state index is 0.0507. The van der Waals surface area contributed by atoms with Crippen LogP contribution in [0.3, 0.4) is 0 Å². The Balaban J connectivity index is 2.76. The van der Waals surface area contributed by atoms with E-state index >= 15 is 0 Å². The van der Waals surface area contributed by atoms with E-state index < -0.39 is 23.1 Å². The molecule has 1 aromatic rings. The number of carboxylic acids is 1. The van der Waals surface area contributed by atoms with Crippen LogP contribution in [0.4, 0.5) is 8.78 Å². The lowest BCUT2D eigenvalue weighted by Crippen LogP contribution is -2.52. The topological polar surface area (TPSA) is 58.6 Å². The molecule has 0 aliphatic heterocycles. The van der Waals surface area contributed by atoms with Gasteiger partial charge in [0, 0.05) is 18.2 Å². The van der Waals surface area contributed by atoms with Crippen molar-refractivity contribution in [2.75, 3.05) is 13.7 Å². The minimum Gasteiger partial charge on any atom is -0.491 e. The van der Waals surface area contributed by atoms with Gasteiger partial charge in [0.25, 0.3) is 0 Å². The van der Waals surface area contributed by atoms with E-state index in [4.69, 9.17) is 9.84 Å². The number of hydrogen-bond donors (Lipinski definition) is 2. The maximum Gasteiger partial charge on any atom is 0.327 e. The normalized spacial score (nSPS) is 14.1. The van der Waals surface area contributed by atoms with Crippen molar-refractivity contribution in [1.82, 2.24) is 5.32 Å². The minimum atomic E-state index is -1.32. The second-order valence-electron chi connectivity index (χ2n) is 3.78. The highest BCUT2D eigenvalue weighted by Gasteiger charge is 2.32. The van der Waals surface area contributed by atoms with Crippen LogP contribution in [0, 0.1) is 11.6 Å². The first kappa shape index (κ1) is 13.4. The first-order valence-electron chi connectivity index (χ1n) is 4.88. The summed E-state index contributed by atoms with van der Waals surface area (Å²) in [7, 11) is 1.46. The highest BCUT2D eigenvalue weighted by Crippen LogP contribution is 2.17. The van der Waals surface area contributed by atoms with Crippen LogP contribution >= 0.6 is 0 Å². The second-order valence-corrected chi connectivity index (χ2v) is 3.78. The molecule has 0 aromatic heterocycles. The zero-order valence-electron chi connectivity index (χ0n) is 9.46. The van der Waals surface area contributed by atoms with Crippen LogP contribution in [-0.4, -0.2) is 30.3 Å². The summed E-state index contributed by atoms with van der Waals surface area (Å²) in [5.74, 6) is -2.72. The third-order valence-electron chi connectivity index (χ3n) is 2.39. The van der Waals surface area contributed by atoms with E-state index in [0.717, 1.165) is 12.1 Å². The van der Waals surface area contributed by atoms with Crippen molar-refractivity contribution in [1.29, 1.82) is 0 Å². The quantitative estimate of drug-likeness (QED) is 0.823. The fourth-order valence-corrected chi connectivity index (χ4v) is 1.08. The molecule has 4 nitrogen and oxygen atoms in total. The molecule has 0 saturated heterocycles. The Kier molecular flexibility index (Phi) is 4.01. The number of benzene rings is 1. The first-order chi connectivity index (χ1) is 7.87. The van der Waals surface area contributed by atoms with Gasteiger partial charge in [-0.05, 0) is 14.0 Å². The van der Waals surface area contributed by atoms with Crippen LogP contribution in [-0.2, 0) is 4.79 Å². The van der Waals surface area contributed by atoms with Crippen LogP contribution in [0.1, 0.15) is 6.92 Å². The van der Waals surface area contributed by atoms with E-state index in [-0.39, 0.29) is 12.4 Å². The molecule has 0 bridgehead atoms. The van der Waals surface area contributed by atoms with E-state index in [2.05, 4.69) is 5.32 Å². The van der Waals surface area contributed by atoms with Crippen LogP contribution < -0.4 is 10.1 Å². The van der Waals surface area contributed by atoms with Crippen molar-refractivity contribution in [3.8, 4) is 5.75 Å². The molecule has 1 unspecified atom stereocenters. The average molecular weight is 245 g/mol. The zero-order valence-corrected chi connectivity index (χ0v) is 9.46. The maximum atomic E-state index is 12.8. The van der Waals surface area contributed by atoms with Crippen LogP contribution in [0.2, 0.25) is 0 Å². The monoisotopic (exact) mass is 245 g/mol. The molecule has 0 heterocycles. The summed E-state index contributed by atoms with van der Waals surface area (Å²) >= 11 is 0. The Morgan fingerprint density at radius 2 is 1.94 bits per heavy atom. The molecule has 0 aliphatic carbocycles. The number of nitrogens with one attached hydrogen (secondary N) is 1. The summed E-state index contributed by atoms with van der Waals surface area (Å²) in [5.41, 5.74) is -1.32. The van der Waals surface area contributed by atoms with Gasteiger partial charge in [0.05, 0.1) is 0 Å². The number of hydrogen-bond acceptors (Lipinski definition) is 3. The third kappa shape index (κ3) is 3.39. The maximum absolute atomic E-state index is 12.8. The predicted molar refractivity (Wildman–Crippen MR) is 57.0 cm³/mol. The fourth-order valence-electron chi connectivity index (χ4n) is 1.08. The van der Waals surface area contributed by atoms with E-state index in [0.29, 0.717) is 6.07 Å². The molecule has 0 aliphatic rings. The van der Waals surface area contributed by atoms with Gasteiger partial charge in [0.2, 0.25) is 0 Å².